The number of aromatic nitrogens is 1. The second-order valence-electron chi connectivity index (χ2n) is 6.31. The Morgan fingerprint density at radius 1 is 1.25 bits per heavy atom. The average molecular weight is 265 g/mol. The molecule has 0 aliphatic heterocycles. The fraction of sp³-hybridized carbons (Fsp3) is 0.421. The van der Waals surface area contributed by atoms with Crippen molar-refractivity contribution in [1.82, 2.24) is 4.98 Å². The molecule has 0 unspecified atom stereocenters. The van der Waals surface area contributed by atoms with Crippen LogP contribution in [0.15, 0.2) is 30.0 Å². The third-order valence-electron chi connectivity index (χ3n) is 4.61. The fourth-order valence-corrected chi connectivity index (χ4v) is 3.69. The van der Waals surface area contributed by atoms with Crippen LogP contribution < -0.4 is 0 Å². The smallest absolute Gasteiger partial charge is 0.0659 e. The summed E-state index contributed by atoms with van der Waals surface area (Å²) in [5.74, 6) is 0. The van der Waals surface area contributed by atoms with E-state index in [1.165, 1.54) is 34.3 Å². The van der Waals surface area contributed by atoms with Crippen molar-refractivity contribution in [3.05, 3.63) is 52.4 Å². The average Bonchev–Trinajstić information content (AvgIpc) is 2.68. The molecule has 1 heterocycles. The molecular weight excluding hydrogens is 242 g/mol. The van der Waals surface area contributed by atoms with E-state index in [4.69, 9.17) is 0 Å². The van der Waals surface area contributed by atoms with E-state index in [9.17, 15) is 0 Å². The highest BCUT2D eigenvalue weighted by molar-refractivity contribution is 5.91. The second-order valence-corrected chi connectivity index (χ2v) is 6.31. The summed E-state index contributed by atoms with van der Waals surface area (Å²) in [5, 5.41) is 0. The van der Waals surface area contributed by atoms with Crippen LogP contribution in [0.1, 0.15) is 62.4 Å². The lowest BCUT2D eigenvalue weighted by molar-refractivity contribution is 0.648. The molecule has 20 heavy (non-hydrogen) atoms. The highest BCUT2D eigenvalue weighted by atomic mass is 14.7. The molecule has 1 aromatic heterocycles. The van der Waals surface area contributed by atoms with Gasteiger partial charge in [0.2, 0.25) is 0 Å². The molecule has 0 radical (unpaired) electrons. The highest BCUT2D eigenvalue weighted by Gasteiger charge is 2.40. The maximum atomic E-state index is 4.69. The molecule has 3 rings (SSSR count). The topological polar surface area (TPSA) is 12.9 Å². The first kappa shape index (κ1) is 13.4. The van der Waals surface area contributed by atoms with Crippen LogP contribution in [0.4, 0.5) is 0 Å². The van der Waals surface area contributed by atoms with E-state index >= 15 is 0 Å². The molecule has 104 valence electrons. The molecule has 1 nitrogen and oxygen atoms in total. The van der Waals surface area contributed by atoms with Gasteiger partial charge in [-0.2, -0.15) is 0 Å². The van der Waals surface area contributed by atoms with Gasteiger partial charge in [-0.1, -0.05) is 39.0 Å². The van der Waals surface area contributed by atoms with E-state index in [-0.39, 0.29) is 5.41 Å². The quantitative estimate of drug-likeness (QED) is 0.715. The number of hydrogen-bond donors (Lipinski definition) is 0. The lowest BCUT2D eigenvalue weighted by Crippen LogP contribution is -2.17. The number of rotatable bonds is 2. The first-order valence-corrected chi connectivity index (χ1v) is 7.65. The minimum absolute atomic E-state index is 0.114. The Kier molecular flexibility index (Phi) is 3.16. The Morgan fingerprint density at radius 3 is 2.75 bits per heavy atom. The van der Waals surface area contributed by atoms with Gasteiger partial charge in [-0.15, -0.1) is 0 Å². The molecule has 0 amide bonds. The standard InChI is InChI=1S/C19H23N/c1-5-6-11-17-13(2)18-15(12-20-17)14-9-7-8-10-16(14)19(18,3)4/h6,9-12H,5,7-8H2,1-4H3/b11-6-. The van der Waals surface area contributed by atoms with E-state index in [1.807, 2.05) is 0 Å². The molecule has 0 aromatic carbocycles. The van der Waals surface area contributed by atoms with Gasteiger partial charge in [0.05, 0.1) is 5.69 Å². The van der Waals surface area contributed by atoms with Gasteiger partial charge in [0.25, 0.3) is 0 Å². The van der Waals surface area contributed by atoms with Gasteiger partial charge in [-0.3, -0.25) is 4.98 Å². The lowest BCUT2D eigenvalue weighted by Gasteiger charge is -2.25. The molecule has 2 aliphatic carbocycles. The van der Waals surface area contributed by atoms with Crippen molar-refractivity contribution in [3.8, 4) is 0 Å². The summed E-state index contributed by atoms with van der Waals surface area (Å²) in [4.78, 5) is 4.69. The van der Waals surface area contributed by atoms with E-state index in [2.05, 4.69) is 63.2 Å². The zero-order valence-electron chi connectivity index (χ0n) is 13.0. The molecule has 0 saturated heterocycles. The number of hydrogen-bond acceptors (Lipinski definition) is 1. The van der Waals surface area contributed by atoms with Crippen LogP contribution in [-0.2, 0) is 5.41 Å². The minimum Gasteiger partial charge on any atom is -0.256 e. The van der Waals surface area contributed by atoms with Crippen molar-refractivity contribution in [2.45, 2.75) is 52.4 Å². The number of fused-ring (bicyclic) bond motifs is 3. The van der Waals surface area contributed by atoms with Crippen LogP contribution in [0.5, 0.6) is 0 Å². The molecule has 1 aromatic rings. The third kappa shape index (κ3) is 1.80. The normalized spacial score (nSPS) is 19.6. The van der Waals surface area contributed by atoms with Crippen molar-refractivity contribution >= 4 is 11.6 Å². The second kappa shape index (κ2) is 4.73. The minimum atomic E-state index is 0.114. The van der Waals surface area contributed by atoms with Crippen LogP contribution >= 0.6 is 0 Å². The number of allylic oxidation sites excluding steroid dienone is 5. The predicted octanol–water partition coefficient (Wildman–Crippen LogP) is 5.21. The molecular formula is C19H23N. The molecule has 0 bridgehead atoms. The van der Waals surface area contributed by atoms with Crippen molar-refractivity contribution in [2.24, 2.45) is 0 Å². The van der Waals surface area contributed by atoms with Crippen molar-refractivity contribution < 1.29 is 0 Å². The van der Waals surface area contributed by atoms with E-state index in [0.29, 0.717) is 0 Å². The van der Waals surface area contributed by atoms with Gasteiger partial charge in [-0.25, -0.2) is 0 Å². The van der Waals surface area contributed by atoms with Crippen LogP contribution in [-0.4, -0.2) is 4.98 Å². The summed E-state index contributed by atoms with van der Waals surface area (Å²) in [5.41, 5.74) is 8.34. The zero-order valence-corrected chi connectivity index (χ0v) is 13.0. The van der Waals surface area contributed by atoms with Gasteiger partial charge < -0.3 is 0 Å². The molecule has 0 saturated carbocycles. The summed E-state index contributed by atoms with van der Waals surface area (Å²) in [7, 11) is 0. The Bertz CT molecular complexity index is 642. The fourth-order valence-electron chi connectivity index (χ4n) is 3.69. The SMILES string of the molecule is CC/C=C\c1ncc2c(c1C)C(C)(C)C1=CCCC=C12. The number of pyridine rings is 1. The summed E-state index contributed by atoms with van der Waals surface area (Å²) in [6, 6.07) is 0. The van der Waals surface area contributed by atoms with E-state index in [0.717, 1.165) is 18.5 Å². The summed E-state index contributed by atoms with van der Waals surface area (Å²) in [6.07, 6.45) is 14.6. The summed E-state index contributed by atoms with van der Waals surface area (Å²) < 4.78 is 0. The Labute approximate surface area is 122 Å². The maximum Gasteiger partial charge on any atom is 0.0659 e. The zero-order chi connectivity index (χ0) is 14.3. The maximum absolute atomic E-state index is 4.69. The van der Waals surface area contributed by atoms with Gasteiger partial charge >= 0.3 is 0 Å². The summed E-state index contributed by atoms with van der Waals surface area (Å²) in [6.45, 7) is 9.09. The van der Waals surface area contributed by atoms with Crippen molar-refractivity contribution in [2.75, 3.05) is 0 Å². The van der Waals surface area contributed by atoms with Gasteiger partial charge in [0.1, 0.15) is 0 Å². The van der Waals surface area contributed by atoms with Crippen molar-refractivity contribution in [3.63, 3.8) is 0 Å². The third-order valence-corrected chi connectivity index (χ3v) is 4.61. The molecule has 0 N–H and O–H groups in total. The highest BCUT2D eigenvalue weighted by Crippen LogP contribution is 2.52. The van der Waals surface area contributed by atoms with E-state index in [1.54, 1.807) is 0 Å². The Morgan fingerprint density at radius 2 is 2.00 bits per heavy atom. The predicted molar refractivity (Wildman–Crippen MR) is 86.6 cm³/mol. The van der Waals surface area contributed by atoms with Crippen molar-refractivity contribution in [1.29, 1.82) is 0 Å². The molecule has 1 heteroatoms. The summed E-state index contributed by atoms with van der Waals surface area (Å²) >= 11 is 0. The molecule has 0 spiro atoms. The van der Waals surface area contributed by atoms with Gasteiger partial charge in [0.15, 0.2) is 0 Å². The van der Waals surface area contributed by atoms with Crippen LogP contribution in [0.3, 0.4) is 0 Å². The van der Waals surface area contributed by atoms with Crippen LogP contribution in [0.2, 0.25) is 0 Å². The first-order valence-electron chi connectivity index (χ1n) is 7.65. The first-order chi connectivity index (χ1) is 9.57. The monoisotopic (exact) mass is 265 g/mol. The van der Waals surface area contributed by atoms with Gasteiger partial charge in [0, 0.05) is 17.2 Å². The molecule has 0 fully saturated rings. The Balaban J connectivity index is 2.23. The molecule has 2 aliphatic rings. The van der Waals surface area contributed by atoms with Gasteiger partial charge in [-0.05, 0) is 54.5 Å². The molecule has 0 atom stereocenters. The largest absolute Gasteiger partial charge is 0.256 e. The lowest BCUT2D eigenvalue weighted by atomic mass is 9.79. The van der Waals surface area contributed by atoms with E-state index < -0.39 is 0 Å². The van der Waals surface area contributed by atoms with Crippen LogP contribution in [0.25, 0.3) is 11.6 Å². The Hall–Kier alpha value is -1.63. The number of nitrogens with zero attached hydrogens (tertiary/aromatic N) is 1. The van der Waals surface area contributed by atoms with Crippen LogP contribution in [0, 0.1) is 6.92 Å².